The lowest BCUT2D eigenvalue weighted by Gasteiger charge is -2.26. The third kappa shape index (κ3) is 2.88. The second kappa shape index (κ2) is 7.29. The van der Waals surface area contributed by atoms with Gasteiger partial charge in [0.15, 0.2) is 5.75 Å². The zero-order valence-corrected chi connectivity index (χ0v) is 18.0. The highest BCUT2D eigenvalue weighted by Gasteiger charge is 2.39. The number of para-hydroxylation sites is 1. The fourth-order valence-corrected chi connectivity index (χ4v) is 4.48. The summed E-state index contributed by atoms with van der Waals surface area (Å²) < 4.78 is 13.0. The zero-order valence-electron chi connectivity index (χ0n) is 17.2. The maximum Gasteiger partial charge on any atom is 0.344 e. The molecule has 7 nitrogen and oxygen atoms in total. The minimum atomic E-state index is -0.880. The van der Waals surface area contributed by atoms with Crippen molar-refractivity contribution in [2.24, 2.45) is 5.73 Å². The number of hydrogen-bond acceptors (Lipinski definition) is 6. The molecule has 0 saturated heterocycles. The van der Waals surface area contributed by atoms with Crippen molar-refractivity contribution in [2.45, 2.75) is 19.8 Å². The van der Waals surface area contributed by atoms with E-state index in [-0.39, 0.29) is 27.9 Å². The molecule has 32 heavy (non-hydrogen) atoms. The van der Waals surface area contributed by atoms with Gasteiger partial charge in [-0.1, -0.05) is 41.4 Å². The average molecular weight is 445 g/mol. The van der Waals surface area contributed by atoms with Crippen LogP contribution in [0.5, 0.6) is 5.75 Å². The highest BCUT2D eigenvalue weighted by atomic mass is 35.5. The van der Waals surface area contributed by atoms with E-state index >= 15 is 0 Å². The van der Waals surface area contributed by atoms with Gasteiger partial charge in [-0.3, -0.25) is 0 Å². The number of benzene rings is 2. The first-order valence-corrected chi connectivity index (χ1v) is 10.2. The summed E-state index contributed by atoms with van der Waals surface area (Å²) in [4.78, 5) is 13.1. The van der Waals surface area contributed by atoms with Gasteiger partial charge in [0.2, 0.25) is 5.88 Å². The maximum atomic E-state index is 13.1. The average Bonchev–Trinajstić information content (AvgIpc) is 3.07. The molecule has 5 rings (SSSR count). The lowest BCUT2D eigenvalue weighted by molar-refractivity contribution is 0.388. The molecule has 2 N–H and O–H groups in total. The van der Waals surface area contributed by atoms with Crippen LogP contribution in [-0.2, 0) is 0 Å². The van der Waals surface area contributed by atoms with Gasteiger partial charge in [0.1, 0.15) is 22.4 Å². The summed E-state index contributed by atoms with van der Waals surface area (Å²) in [6.45, 7) is 3.69. The Bertz CT molecular complexity index is 1530. The third-order valence-electron chi connectivity index (χ3n) is 5.56. The molecule has 2 aromatic carbocycles. The number of aromatic nitrogens is 2. The number of nitriles is 1. The van der Waals surface area contributed by atoms with Gasteiger partial charge in [-0.25, -0.2) is 9.48 Å². The van der Waals surface area contributed by atoms with Crippen molar-refractivity contribution in [1.82, 2.24) is 9.78 Å². The summed E-state index contributed by atoms with van der Waals surface area (Å²) in [5, 5.41) is 15.3. The molecule has 1 unspecified atom stereocenters. The van der Waals surface area contributed by atoms with Crippen LogP contribution < -0.4 is 16.1 Å². The van der Waals surface area contributed by atoms with Crippen LogP contribution in [-0.4, -0.2) is 9.78 Å². The summed E-state index contributed by atoms with van der Waals surface area (Å²) in [7, 11) is 0. The van der Waals surface area contributed by atoms with E-state index in [1.807, 2.05) is 49.4 Å². The van der Waals surface area contributed by atoms with Crippen LogP contribution in [0.25, 0.3) is 16.7 Å². The largest absolute Gasteiger partial charge is 0.439 e. The molecular weight excluding hydrogens is 428 g/mol. The third-order valence-corrected chi connectivity index (χ3v) is 5.92. The highest BCUT2D eigenvalue weighted by molar-refractivity contribution is 6.30. The summed E-state index contributed by atoms with van der Waals surface area (Å²) >= 11 is 6.78. The number of nitrogens with zero attached hydrogens (tertiary/aromatic N) is 3. The van der Waals surface area contributed by atoms with Crippen LogP contribution in [0, 0.1) is 25.2 Å². The van der Waals surface area contributed by atoms with E-state index in [1.54, 1.807) is 17.7 Å². The Morgan fingerprint density at radius 1 is 1.16 bits per heavy atom. The van der Waals surface area contributed by atoms with Crippen LogP contribution in [0.2, 0.25) is 5.15 Å². The zero-order chi connectivity index (χ0) is 22.6. The number of fused-ring (bicyclic) bond motifs is 3. The monoisotopic (exact) mass is 444 g/mol. The van der Waals surface area contributed by atoms with Gasteiger partial charge in [0.05, 0.1) is 28.2 Å². The van der Waals surface area contributed by atoms with E-state index < -0.39 is 11.5 Å². The van der Waals surface area contributed by atoms with Gasteiger partial charge in [0.25, 0.3) is 0 Å². The van der Waals surface area contributed by atoms with Gasteiger partial charge in [0, 0.05) is 5.56 Å². The van der Waals surface area contributed by atoms with Crippen LogP contribution >= 0.6 is 11.6 Å². The SMILES string of the molecule is Cc1ccc2oc(=O)c3c(c2c1)OC(N)=C(C#N)C3c1c(C)nn(-c2ccccc2)c1Cl. The van der Waals surface area contributed by atoms with Gasteiger partial charge >= 0.3 is 5.63 Å². The van der Waals surface area contributed by atoms with Crippen LogP contribution in [0.15, 0.2) is 69.2 Å². The van der Waals surface area contributed by atoms with E-state index in [9.17, 15) is 10.1 Å². The molecule has 1 aliphatic rings. The van der Waals surface area contributed by atoms with Crippen molar-refractivity contribution in [3.05, 3.63) is 97.9 Å². The second-order valence-corrected chi connectivity index (χ2v) is 7.95. The van der Waals surface area contributed by atoms with Crippen molar-refractivity contribution < 1.29 is 9.15 Å². The smallest absolute Gasteiger partial charge is 0.344 e. The van der Waals surface area contributed by atoms with Gasteiger partial charge < -0.3 is 14.9 Å². The summed E-state index contributed by atoms with van der Waals surface area (Å²) in [6.07, 6.45) is 0. The standard InChI is InChI=1S/C24H17ClN4O3/c1-12-8-9-17-15(10-12)21-20(24(30)31-17)19(16(11-26)23(27)32-21)18-13(2)28-29(22(18)25)14-6-4-3-5-7-14/h3-10,19H,27H2,1-2H3. The fourth-order valence-electron chi connectivity index (χ4n) is 4.10. The molecule has 0 fully saturated rings. The molecule has 4 aromatic rings. The molecule has 0 saturated carbocycles. The molecule has 8 heteroatoms. The summed E-state index contributed by atoms with van der Waals surface area (Å²) in [5.41, 5.74) is 8.91. The predicted molar refractivity (Wildman–Crippen MR) is 120 cm³/mol. The minimum absolute atomic E-state index is 0.0782. The van der Waals surface area contributed by atoms with Gasteiger partial charge in [-0.05, 0) is 38.1 Å². The molecule has 0 aliphatic carbocycles. The van der Waals surface area contributed by atoms with E-state index in [2.05, 4.69) is 11.2 Å². The van der Waals surface area contributed by atoms with Crippen LogP contribution in [0.3, 0.4) is 0 Å². The maximum absolute atomic E-state index is 13.1. The first-order chi connectivity index (χ1) is 15.4. The predicted octanol–water partition coefficient (Wildman–Crippen LogP) is 4.47. The van der Waals surface area contributed by atoms with E-state index in [4.69, 9.17) is 26.5 Å². The lowest BCUT2D eigenvalue weighted by Crippen LogP contribution is -2.26. The van der Waals surface area contributed by atoms with E-state index in [1.165, 1.54) is 0 Å². The number of nitrogens with two attached hydrogens (primary N) is 1. The Morgan fingerprint density at radius 3 is 2.62 bits per heavy atom. The van der Waals surface area contributed by atoms with Crippen LogP contribution in [0.1, 0.15) is 28.3 Å². The van der Waals surface area contributed by atoms with E-state index in [0.29, 0.717) is 22.2 Å². The number of allylic oxidation sites excluding steroid dienone is 1. The van der Waals surface area contributed by atoms with Crippen LogP contribution in [0.4, 0.5) is 0 Å². The van der Waals surface area contributed by atoms with Gasteiger partial charge in [-0.2, -0.15) is 10.4 Å². The number of hydrogen-bond donors (Lipinski definition) is 1. The Balaban J connectivity index is 1.84. The topological polar surface area (TPSA) is 107 Å². The molecule has 0 bridgehead atoms. The normalized spacial score (nSPS) is 15.4. The Hall–Kier alpha value is -4.02. The van der Waals surface area contributed by atoms with Crippen molar-refractivity contribution in [3.63, 3.8) is 0 Å². The Morgan fingerprint density at radius 2 is 1.91 bits per heavy atom. The highest BCUT2D eigenvalue weighted by Crippen LogP contribution is 2.46. The van der Waals surface area contributed by atoms with Crippen molar-refractivity contribution in [1.29, 1.82) is 5.26 Å². The molecule has 0 amide bonds. The number of halogens is 1. The molecule has 2 aromatic heterocycles. The number of ether oxygens (including phenoxy) is 1. The Labute approximate surface area is 187 Å². The molecule has 1 aliphatic heterocycles. The molecule has 158 valence electrons. The fraction of sp³-hybridized carbons (Fsp3) is 0.125. The first kappa shape index (κ1) is 19.9. The van der Waals surface area contributed by atoms with Crippen molar-refractivity contribution in [3.8, 4) is 17.5 Å². The molecular formula is C24H17ClN4O3. The van der Waals surface area contributed by atoms with Crippen molar-refractivity contribution in [2.75, 3.05) is 0 Å². The molecule has 0 spiro atoms. The lowest BCUT2D eigenvalue weighted by atomic mass is 9.84. The molecule has 1 atom stereocenters. The quantitative estimate of drug-likeness (QED) is 0.457. The molecule has 3 heterocycles. The summed E-state index contributed by atoms with van der Waals surface area (Å²) in [6, 6.07) is 16.8. The summed E-state index contributed by atoms with van der Waals surface area (Å²) in [5.74, 6) is -0.694. The van der Waals surface area contributed by atoms with E-state index in [0.717, 1.165) is 11.3 Å². The first-order valence-electron chi connectivity index (χ1n) is 9.86. The second-order valence-electron chi connectivity index (χ2n) is 7.59. The number of rotatable bonds is 2. The molecule has 0 radical (unpaired) electrons. The number of aryl methyl sites for hydroxylation is 2. The van der Waals surface area contributed by atoms with Crippen molar-refractivity contribution >= 4 is 22.6 Å². The Kier molecular flexibility index (Phi) is 4.54. The van der Waals surface area contributed by atoms with Gasteiger partial charge in [-0.15, -0.1) is 0 Å². The minimum Gasteiger partial charge on any atom is -0.439 e.